The molecule has 0 aliphatic carbocycles. The van der Waals surface area contributed by atoms with Crippen LogP contribution in [0.2, 0.25) is 0 Å². The molecule has 1 heterocycles. The summed E-state index contributed by atoms with van der Waals surface area (Å²) in [7, 11) is 0. The van der Waals surface area contributed by atoms with Crippen LogP contribution in [0.25, 0.3) is 31.8 Å². The minimum atomic E-state index is 1.21. The summed E-state index contributed by atoms with van der Waals surface area (Å²) in [6.07, 6.45) is 2.28. The van der Waals surface area contributed by atoms with Gasteiger partial charge in [-0.15, -0.1) is 11.3 Å². The highest BCUT2D eigenvalue weighted by atomic mass is 32.1. The van der Waals surface area contributed by atoms with E-state index in [1.54, 1.807) is 0 Å². The highest BCUT2D eigenvalue weighted by molar-refractivity contribution is 7.25. The molecule has 0 saturated heterocycles. The molecule has 0 amide bonds. The predicted octanol–water partition coefficient (Wildman–Crippen LogP) is 7.64. The Morgan fingerprint density at radius 2 is 1.22 bits per heavy atom. The van der Waals surface area contributed by atoms with Crippen molar-refractivity contribution in [3.63, 3.8) is 0 Å². The van der Waals surface area contributed by atoms with Gasteiger partial charge in [-0.3, -0.25) is 0 Å². The molecule has 0 unspecified atom stereocenters. The van der Waals surface area contributed by atoms with Gasteiger partial charge in [-0.1, -0.05) is 84.9 Å². The monoisotopic (exact) mass is 362 g/mol. The zero-order chi connectivity index (χ0) is 18.1. The maximum atomic E-state index is 2.34. The fourth-order valence-corrected chi connectivity index (χ4v) is 4.65. The van der Waals surface area contributed by atoms with Crippen molar-refractivity contribution < 1.29 is 0 Å². The molecule has 0 fully saturated rings. The molecule has 128 valence electrons. The number of hydrogen-bond acceptors (Lipinski definition) is 1. The molecule has 0 aliphatic rings. The summed E-state index contributed by atoms with van der Waals surface area (Å²) in [5, 5.41) is 2.68. The number of fused-ring (bicyclic) bond motifs is 3. The number of hydrogen-bond donors (Lipinski definition) is 0. The Hall–Kier alpha value is -3.16. The number of rotatable bonds is 3. The molecule has 5 rings (SSSR count). The minimum Gasteiger partial charge on any atom is -0.135 e. The Morgan fingerprint density at radius 1 is 0.556 bits per heavy atom. The standard InChI is InChI=1S/C26H18S/c1-3-9-19(10-4-1)17-23(20-11-5-2-6-12-20)21-15-16-26-24(18-21)22-13-7-8-14-25(22)27-26/h1-18H/b23-17-. The lowest BCUT2D eigenvalue weighted by molar-refractivity contribution is 1.57. The van der Waals surface area contributed by atoms with Crippen LogP contribution in [0.5, 0.6) is 0 Å². The third-order valence-electron chi connectivity index (χ3n) is 4.88. The molecule has 27 heavy (non-hydrogen) atoms. The molecule has 4 aromatic carbocycles. The summed E-state index contributed by atoms with van der Waals surface area (Å²) >= 11 is 1.86. The third-order valence-corrected chi connectivity index (χ3v) is 6.03. The fourth-order valence-electron chi connectivity index (χ4n) is 3.56. The van der Waals surface area contributed by atoms with Crippen LogP contribution in [0.3, 0.4) is 0 Å². The smallest absolute Gasteiger partial charge is 0.0355 e. The van der Waals surface area contributed by atoms with Crippen LogP contribution >= 0.6 is 11.3 Å². The van der Waals surface area contributed by atoms with E-state index in [0.29, 0.717) is 0 Å². The van der Waals surface area contributed by atoms with Crippen LogP contribution in [-0.4, -0.2) is 0 Å². The zero-order valence-corrected chi connectivity index (χ0v) is 15.6. The first-order chi connectivity index (χ1) is 13.4. The molecule has 0 spiro atoms. The van der Waals surface area contributed by atoms with E-state index >= 15 is 0 Å². The number of thiophene rings is 1. The molecule has 0 nitrogen and oxygen atoms in total. The maximum Gasteiger partial charge on any atom is 0.0355 e. The lowest BCUT2D eigenvalue weighted by atomic mass is 9.94. The minimum absolute atomic E-state index is 1.21. The van der Waals surface area contributed by atoms with E-state index in [1.165, 1.54) is 42.4 Å². The van der Waals surface area contributed by atoms with Gasteiger partial charge in [0, 0.05) is 20.2 Å². The summed E-state index contributed by atoms with van der Waals surface area (Å²) in [4.78, 5) is 0. The van der Waals surface area contributed by atoms with Gasteiger partial charge in [0.2, 0.25) is 0 Å². The first-order valence-corrected chi connectivity index (χ1v) is 9.94. The van der Waals surface area contributed by atoms with Crippen molar-refractivity contribution in [3.05, 3.63) is 120 Å². The van der Waals surface area contributed by atoms with Crippen molar-refractivity contribution in [3.8, 4) is 0 Å². The molecule has 0 bridgehead atoms. The molecular weight excluding hydrogens is 344 g/mol. The largest absolute Gasteiger partial charge is 0.135 e. The Labute approximate surface area is 163 Å². The van der Waals surface area contributed by atoms with Crippen LogP contribution in [0, 0.1) is 0 Å². The average Bonchev–Trinajstić information content (AvgIpc) is 3.11. The van der Waals surface area contributed by atoms with Gasteiger partial charge in [0.25, 0.3) is 0 Å². The van der Waals surface area contributed by atoms with Crippen molar-refractivity contribution >= 4 is 43.2 Å². The summed E-state index contributed by atoms with van der Waals surface area (Å²) in [5.74, 6) is 0. The van der Waals surface area contributed by atoms with Gasteiger partial charge in [-0.25, -0.2) is 0 Å². The first kappa shape index (κ1) is 16.0. The molecule has 1 aromatic heterocycles. The van der Waals surface area contributed by atoms with Gasteiger partial charge in [-0.2, -0.15) is 0 Å². The average molecular weight is 362 g/mol. The summed E-state index contributed by atoms with van der Waals surface area (Å²) in [6, 6.07) is 36.7. The van der Waals surface area contributed by atoms with E-state index in [2.05, 4.69) is 109 Å². The number of benzene rings is 4. The van der Waals surface area contributed by atoms with Crippen LogP contribution < -0.4 is 0 Å². The molecule has 5 aromatic rings. The van der Waals surface area contributed by atoms with Crippen LogP contribution in [-0.2, 0) is 0 Å². The summed E-state index contributed by atoms with van der Waals surface area (Å²) in [5.41, 5.74) is 4.95. The van der Waals surface area contributed by atoms with Crippen molar-refractivity contribution in [1.29, 1.82) is 0 Å². The van der Waals surface area contributed by atoms with Crippen LogP contribution in [0.4, 0.5) is 0 Å². The van der Waals surface area contributed by atoms with Gasteiger partial charge in [0.1, 0.15) is 0 Å². The van der Waals surface area contributed by atoms with Gasteiger partial charge in [0.05, 0.1) is 0 Å². The molecule has 0 N–H and O–H groups in total. The molecule has 0 atom stereocenters. The second kappa shape index (κ2) is 6.86. The molecule has 0 aliphatic heterocycles. The highest BCUT2D eigenvalue weighted by Crippen LogP contribution is 2.36. The molecule has 1 heteroatoms. The lowest BCUT2D eigenvalue weighted by Gasteiger charge is -2.10. The Bertz CT molecular complexity index is 1240. The Kier molecular flexibility index (Phi) is 4.08. The first-order valence-electron chi connectivity index (χ1n) is 9.12. The van der Waals surface area contributed by atoms with Gasteiger partial charge in [0.15, 0.2) is 0 Å². The Morgan fingerprint density at radius 3 is 2.04 bits per heavy atom. The van der Waals surface area contributed by atoms with Crippen molar-refractivity contribution in [2.75, 3.05) is 0 Å². The molecular formula is C26H18S. The second-order valence-electron chi connectivity index (χ2n) is 6.64. The zero-order valence-electron chi connectivity index (χ0n) is 14.8. The fraction of sp³-hybridized carbons (Fsp3) is 0. The predicted molar refractivity (Wildman–Crippen MR) is 119 cm³/mol. The molecule has 0 saturated carbocycles. The topological polar surface area (TPSA) is 0 Å². The van der Waals surface area contributed by atoms with E-state index < -0.39 is 0 Å². The van der Waals surface area contributed by atoms with Gasteiger partial charge in [-0.05, 0) is 46.5 Å². The Balaban J connectivity index is 1.74. The lowest BCUT2D eigenvalue weighted by Crippen LogP contribution is -1.88. The van der Waals surface area contributed by atoms with Crippen molar-refractivity contribution in [2.24, 2.45) is 0 Å². The molecule has 0 radical (unpaired) electrons. The van der Waals surface area contributed by atoms with E-state index in [4.69, 9.17) is 0 Å². The van der Waals surface area contributed by atoms with E-state index in [-0.39, 0.29) is 0 Å². The van der Waals surface area contributed by atoms with Gasteiger partial charge < -0.3 is 0 Å². The van der Waals surface area contributed by atoms with Crippen molar-refractivity contribution in [1.82, 2.24) is 0 Å². The second-order valence-corrected chi connectivity index (χ2v) is 7.73. The normalized spacial score (nSPS) is 11.9. The quantitative estimate of drug-likeness (QED) is 0.289. The summed E-state index contributed by atoms with van der Waals surface area (Å²) < 4.78 is 2.69. The van der Waals surface area contributed by atoms with Crippen molar-refractivity contribution in [2.45, 2.75) is 0 Å². The van der Waals surface area contributed by atoms with Crippen LogP contribution in [0.1, 0.15) is 16.7 Å². The van der Waals surface area contributed by atoms with E-state index in [1.807, 2.05) is 11.3 Å². The SMILES string of the molecule is C(=C(\c1ccccc1)c1ccc2sc3ccccc3c2c1)/c1ccccc1. The summed E-state index contributed by atoms with van der Waals surface area (Å²) in [6.45, 7) is 0. The van der Waals surface area contributed by atoms with E-state index in [9.17, 15) is 0 Å². The van der Waals surface area contributed by atoms with E-state index in [0.717, 1.165) is 0 Å². The highest BCUT2D eigenvalue weighted by Gasteiger charge is 2.09. The third kappa shape index (κ3) is 3.07. The maximum absolute atomic E-state index is 2.34. The van der Waals surface area contributed by atoms with Gasteiger partial charge >= 0.3 is 0 Å². The van der Waals surface area contributed by atoms with Crippen LogP contribution in [0.15, 0.2) is 103 Å².